The Morgan fingerprint density at radius 2 is 1.86 bits per heavy atom. The Morgan fingerprint density at radius 1 is 1.04 bits per heavy atom. The predicted molar refractivity (Wildman–Crippen MR) is 116 cm³/mol. The largest absolute Gasteiger partial charge is 0.366 e. The number of carbonyl (C=O) groups excluding carboxylic acids is 1. The van der Waals surface area contributed by atoms with Crippen LogP contribution in [0.2, 0.25) is 10.0 Å². The average molecular weight is 409 g/mol. The Kier molecular flexibility index (Phi) is 4.11. The number of amides is 1. The van der Waals surface area contributed by atoms with Gasteiger partial charge < -0.3 is 10.3 Å². The summed E-state index contributed by atoms with van der Waals surface area (Å²) in [6, 6.07) is 17.6. The second-order valence-corrected chi connectivity index (χ2v) is 8.32. The fraction of sp³-hybridized carbons (Fsp3) is 0.174. The van der Waals surface area contributed by atoms with Gasteiger partial charge in [0.2, 0.25) is 5.91 Å². The van der Waals surface area contributed by atoms with E-state index in [1.807, 2.05) is 24.3 Å². The topological polar surface area (TPSA) is 48.0 Å². The summed E-state index contributed by atoms with van der Waals surface area (Å²) >= 11 is 12.5. The molecule has 4 aromatic rings. The van der Waals surface area contributed by atoms with Crippen molar-refractivity contribution < 1.29 is 4.79 Å². The first kappa shape index (κ1) is 17.6. The second kappa shape index (κ2) is 6.54. The van der Waals surface area contributed by atoms with Crippen LogP contribution in [0.15, 0.2) is 54.6 Å². The average Bonchev–Trinajstić information content (AvgIpc) is 3.44. The van der Waals surface area contributed by atoms with Crippen molar-refractivity contribution in [2.45, 2.75) is 19.4 Å². The number of hydrogen-bond donors (Lipinski definition) is 1. The molecule has 2 N–H and O–H groups in total. The van der Waals surface area contributed by atoms with Gasteiger partial charge in [0, 0.05) is 49.5 Å². The van der Waals surface area contributed by atoms with Crippen molar-refractivity contribution >= 4 is 50.9 Å². The standard InChI is InChI=1S/C23H18Cl2N2O/c24-15-7-9-16(19(25)11-15)14-6-8-17-21(10-14)27(12-13-4-5-13)20-3-1-2-18(22(17)20)23(26)28/h1-3,6-11,13H,4-5,12H2,(H2,26,28). The van der Waals surface area contributed by atoms with Gasteiger partial charge in [-0.25, -0.2) is 0 Å². The van der Waals surface area contributed by atoms with Gasteiger partial charge in [0.25, 0.3) is 0 Å². The zero-order valence-corrected chi connectivity index (χ0v) is 16.6. The minimum atomic E-state index is -0.402. The van der Waals surface area contributed by atoms with Gasteiger partial charge in [-0.2, -0.15) is 0 Å². The van der Waals surface area contributed by atoms with E-state index in [0.29, 0.717) is 21.5 Å². The molecule has 1 saturated carbocycles. The molecule has 0 aliphatic heterocycles. The molecule has 0 unspecified atom stereocenters. The fourth-order valence-electron chi connectivity index (χ4n) is 4.00. The molecular weight excluding hydrogens is 391 g/mol. The summed E-state index contributed by atoms with van der Waals surface area (Å²) in [6.07, 6.45) is 2.50. The van der Waals surface area contributed by atoms with E-state index in [9.17, 15) is 4.79 Å². The van der Waals surface area contributed by atoms with E-state index >= 15 is 0 Å². The molecule has 1 aliphatic carbocycles. The van der Waals surface area contributed by atoms with Gasteiger partial charge in [0.15, 0.2) is 0 Å². The molecule has 3 aromatic carbocycles. The number of fused-ring (bicyclic) bond motifs is 3. The molecule has 1 heterocycles. The summed E-state index contributed by atoms with van der Waals surface area (Å²) in [5.74, 6) is 0.291. The third-order valence-electron chi connectivity index (χ3n) is 5.54. The maximum atomic E-state index is 12.1. The summed E-state index contributed by atoms with van der Waals surface area (Å²) in [5.41, 5.74) is 10.3. The lowest BCUT2D eigenvalue weighted by molar-refractivity contribution is 0.100. The lowest BCUT2D eigenvalue weighted by Gasteiger charge is -2.09. The summed E-state index contributed by atoms with van der Waals surface area (Å²) in [7, 11) is 0. The molecule has 5 heteroatoms. The van der Waals surface area contributed by atoms with Crippen LogP contribution >= 0.6 is 23.2 Å². The van der Waals surface area contributed by atoms with Crippen molar-refractivity contribution in [3.8, 4) is 11.1 Å². The van der Waals surface area contributed by atoms with Gasteiger partial charge in [-0.15, -0.1) is 0 Å². The molecule has 0 spiro atoms. The molecule has 28 heavy (non-hydrogen) atoms. The van der Waals surface area contributed by atoms with Crippen LogP contribution in [0.5, 0.6) is 0 Å². The number of halogens is 2. The third-order valence-corrected chi connectivity index (χ3v) is 6.08. The van der Waals surface area contributed by atoms with E-state index in [4.69, 9.17) is 28.9 Å². The quantitative estimate of drug-likeness (QED) is 0.424. The van der Waals surface area contributed by atoms with E-state index in [1.165, 1.54) is 12.8 Å². The number of rotatable bonds is 4. The Balaban J connectivity index is 1.81. The first-order chi connectivity index (χ1) is 13.5. The minimum Gasteiger partial charge on any atom is -0.366 e. The normalized spacial score (nSPS) is 14.1. The molecule has 5 rings (SSSR count). The second-order valence-electron chi connectivity index (χ2n) is 7.47. The molecule has 1 aliphatic rings. The van der Waals surface area contributed by atoms with E-state index in [1.54, 1.807) is 12.1 Å². The Labute approximate surface area is 172 Å². The highest BCUT2D eigenvalue weighted by Crippen LogP contribution is 2.39. The first-order valence-electron chi connectivity index (χ1n) is 9.33. The van der Waals surface area contributed by atoms with Crippen LogP contribution in [-0.2, 0) is 6.54 Å². The first-order valence-corrected chi connectivity index (χ1v) is 10.1. The van der Waals surface area contributed by atoms with E-state index in [2.05, 4.69) is 22.8 Å². The van der Waals surface area contributed by atoms with Gasteiger partial charge >= 0.3 is 0 Å². The van der Waals surface area contributed by atoms with Crippen molar-refractivity contribution in [3.05, 3.63) is 70.2 Å². The molecule has 1 fully saturated rings. The predicted octanol–water partition coefficient (Wildman–Crippen LogP) is 6.28. The molecule has 0 radical (unpaired) electrons. The van der Waals surface area contributed by atoms with Gasteiger partial charge in [-0.3, -0.25) is 4.79 Å². The summed E-state index contributed by atoms with van der Waals surface area (Å²) < 4.78 is 2.32. The summed E-state index contributed by atoms with van der Waals surface area (Å²) in [5, 5.41) is 3.21. The molecular formula is C23H18Cl2N2O. The molecule has 0 saturated heterocycles. The number of nitrogens with two attached hydrogens (primary N) is 1. The third kappa shape index (κ3) is 2.86. The lowest BCUT2D eigenvalue weighted by Crippen LogP contribution is -2.11. The smallest absolute Gasteiger partial charge is 0.249 e. The Bertz CT molecular complexity index is 1250. The van der Waals surface area contributed by atoms with Crippen molar-refractivity contribution in [2.24, 2.45) is 11.7 Å². The maximum absolute atomic E-state index is 12.1. The van der Waals surface area contributed by atoms with Gasteiger partial charge in [-0.1, -0.05) is 47.5 Å². The van der Waals surface area contributed by atoms with Crippen LogP contribution < -0.4 is 5.73 Å². The van der Waals surface area contributed by atoms with Crippen molar-refractivity contribution in [1.29, 1.82) is 0 Å². The molecule has 0 bridgehead atoms. The zero-order valence-electron chi connectivity index (χ0n) is 15.1. The van der Waals surface area contributed by atoms with Crippen LogP contribution in [0.1, 0.15) is 23.2 Å². The van der Waals surface area contributed by atoms with E-state index < -0.39 is 5.91 Å². The van der Waals surface area contributed by atoms with Gasteiger partial charge in [0.05, 0.1) is 0 Å². The number of nitrogens with zero attached hydrogens (tertiary/aromatic N) is 1. The van der Waals surface area contributed by atoms with Gasteiger partial charge in [0.1, 0.15) is 0 Å². The molecule has 140 valence electrons. The molecule has 1 amide bonds. The lowest BCUT2D eigenvalue weighted by atomic mass is 10.0. The van der Waals surface area contributed by atoms with Crippen LogP contribution in [0.3, 0.4) is 0 Å². The molecule has 0 atom stereocenters. The van der Waals surface area contributed by atoms with Crippen molar-refractivity contribution in [1.82, 2.24) is 4.57 Å². The van der Waals surface area contributed by atoms with Crippen LogP contribution in [0.25, 0.3) is 32.9 Å². The number of hydrogen-bond acceptors (Lipinski definition) is 1. The highest BCUT2D eigenvalue weighted by atomic mass is 35.5. The van der Waals surface area contributed by atoms with Crippen molar-refractivity contribution in [2.75, 3.05) is 0 Å². The number of primary amides is 1. The monoisotopic (exact) mass is 408 g/mol. The number of aromatic nitrogens is 1. The highest BCUT2D eigenvalue weighted by Gasteiger charge is 2.25. The SMILES string of the molecule is NC(=O)c1cccc2c1c1ccc(-c3ccc(Cl)cc3Cl)cc1n2CC1CC1. The summed E-state index contributed by atoms with van der Waals surface area (Å²) in [6.45, 7) is 0.944. The zero-order chi connectivity index (χ0) is 19.4. The minimum absolute atomic E-state index is 0.402. The van der Waals surface area contributed by atoms with Crippen LogP contribution in [0, 0.1) is 5.92 Å². The van der Waals surface area contributed by atoms with Crippen LogP contribution in [-0.4, -0.2) is 10.5 Å². The molecule has 3 nitrogen and oxygen atoms in total. The maximum Gasteiger partial charge on any atom is 0.249 e. The van der Waals surface area contributed by atoms with E-state index in [0.717, 1.165) is 39.5 Å². The fourth-order valence-corrected chi connectivity index (χ4v) is 4.51. The van der Waals surface area contributed by atoms with E-state index in [-0.39, 0.29) is 0 Å². The van der Waals surface area contributed by atoms with Gasteiger partial charge in [-0.05, 0) is 54.7 Å². The number of benzene rings is 3. The van der Waals surface area contributed by atoms with Crippen LogP contribution in [0.4, 0.5) is 0 Å². The highest BCUT2D eigenvalue weighted by molar-refractivity contribution is 6.36. The molecule has 1 aromatic heterocycles. The van der Waals surface area contributed by atoms with Crippen molar-refractivity contribution in [3.63, 3.8) is 0 Å². The Morgan fingerprint density at radius 3 is 2.57 bits per heavy atom. The summed E-state index contributed by atoms with van der Waals surface area (Å²) in [4.78, 5) is 12.1. The number of carbonyl (C=O) groups is 1. The Hall–Kier alpha value is -2.49.